The Morgan fingerprint density at radius 1 is 1.37 bits per heavy atom. The SMILES string of the molecule is CCNC(c1ccc(OC)c(Br)c1)C1C2CCCC21. The standard InChI is InChI=1S/C16H22BrNO/c1-3-18-16(15-11-5-4-6-12(11)15)10-7-8-14(19-2)13(17)9-10/h7-9,11-12,15-16,18H,3-6H2,1-2H3. The van der Waals surface area contributed by atoms with Gasteiger partial charge in [-0.3, -0.25) is 0 Å². The van der Waals surface area contributed by atoms with Crippen LogP contribution < -0.4 is 10.1 Å². The summed E-state index contributed by atoms with van der Waals surface area (Å²) < 4.78 is 6.38. The Morgan fingerprint density at radius 3 is 2.68 bits per heavy atom. The molecule has 3 atom stereocenters. The maximum Gasteiger partial charge on any atom is 0.133 e. The first kappa shape index (κ1) is 13.4. The van der Waals surface area contributed by atoms with Crippen molar-refractivity contribution in [3.8, 4) is 5.75 Å². The van der Waals surface area contributed by atoms with Gasteiger partial charge in [0.25, 0.3) is 0 Å². The molecule has 2 saturated carbocycles. The lowest BCUT2D eigenvalue weighted by atomic mass is 9.96. The van der Waals surface area contributed by atoms with Gasteiger partial charge >= 0.3 is 0 Å². The summed E-state index contributed by atoms with van der Waals surface area (Å²) in [6.45, 7) is 3.23. The van der Waals surface area contributed by atoms with E-state index >= 15 is 0 Å². The molecule has 0 spiro atoms. The average Bonchev–Trinajstić information content (AvgIpc) is 2.87. The summed E-state index contributed by atoms with van der Waals surface area (Å²) in [6, 6.07) is 7.02. The summed E-state index contributed by atoms with van der Waals surface area (Å²) in [7, 11) is 1.72. The molecule has 0 amide bonds. The lowest BCUT2D eigenvalue weighted by molar-refractivity contribution is 0.408. The lowest BCUT2D eigenvalue weighted by Gasteiger charge is -2.21. The maximum atomic E-state index is 5.32. The van der Waals surface area contributed by atoms with E-state index in [1.807, 2.05) is 0 Å². The Labute approximate surface area is 124 Å². The fraction of sp³-hybridized carbons (Fsp3) is 0.625. The van der Waals surface area contributed by atoms with Gasteiger partial charge in [-0.05, 0) is 70.8 Å². The number of nitrogens with one attached hydrogen (secondary N) is 1. The van der Waals surface area contributed by atoms with Gasteiger partial charge < -0.3 is 10.1 Å². The predicted molar refractivity (Wildman–Crippen MR) is 81.4 cm³/mol. The smallest absolute Gasteiger partial charge is 0.133 e. The van der Waals surface area contributed by atoms with E-state index in [0.717, 1.165) is 34.5 Å². The molecule has 104 valence electrons. The molecule has 3 rings (SSSR count). The van der Waals surface area contributed by atoms with E-state index < -0.39 is 0 Å². The number of rotatable bonds is 5. The molecule has 1 N–H and O–H groups in total. The van der Waals surface area contributed by atoms with Gasteiger partial charge in [-0.15, -0.1) is 0 Å². The molecule has 0 saturated heterocycles. The van der Waals surface area contributed by atoms with E-state index in [4.69, 9.17) is 4.74 Å². The molecule has 0 aromatic heterocycles. The Hall–Kier alpha value is -0.540. The van der Waals surface area contributed by atoms with E-state index in [0.29, 0.717) is 6.04 Å². The van der Waals surface area contributed by atoms with Gasteiger partial charge in [-0.2, -0.15) is 0 Å². The molecule has 0 bridgehead atoms. The van der Waals surface area contributed by atoms with Crippen molar-refractivity contribution in [3.05, 3.63) is 28.2 Å². The normalized spacial score (nSPS) is 29.9. The van der Waals surface area contributed by atoms with Gasteiger partial charge in [-0.1, -0.05) is 19.4 Å². The van der Waals surface area contributed by atoms with Gasteiger partial charge in [0.15, 0.2) is 0 Å². The first-order valence-electron chi connectivity index (χ1n) is 7.33. The zero-order valence-corrected chi connectivity index (χ0v) is 13.2. The van der Waals surface area contributed by atoms with Gasteiger partial charge in [0.1, 0.15) is 5.75 Å². The molecule has 1 aromatic carbocycles. The summed E-state index contributed by atoms with van der Waals surface area (Å²) in [5.74, 6) is 3.72. The fourth-order valence-electron chi connectivity index (χ4n) is 3.94. The average molecular weight is 324 g/mol. The molecule has 3 heteroatoms. The molecule has 2 aliphatic rings. The largest absolute Gasteiger partial charge is 0.496 e. The summed E-state index contributed by atoms with van der Waals surface area (Å²) >= 11 is 3.60. The minimum absolute atomic E-state index is 0.516. The minimum atomic E-state index is 0.516. The number of benzene rings is 1. The highest BCUT2D eigenvalue weighted by Gasteiger charge is 2.55. The van der Waals surface area contributed by atoms with Crippen molar-refractivity contribution >= 4 is 15.9 Å². The molecule has 0 radical (unpaired) electrons. The Bertz CT molecular complexity index is 452. The van der Waals surface area contributed by atoms with Crippen molar-refractivity contribution in [2.24, 2.45) is 17.8 Å². The van der Waals surface area contributed by atoms with Crippen molar-refractivity contribution in [1.29, 1.82) is 0 Å². The third-order valence-corrected chi connectivity index (χ3v) is 5.44. The van der Waals surface area contributed by atoms with Gasteiger partial charge in [0.2, 0.25) is 0 Å². The van der Waals surface area contributed by atoms with Crippen LogP contribution in [0.25, 0.3) is 0 Å². The quantitative estimate of drug-likeness (QED) is 0.878. The van der Waals surface area contributed by atoms with Gasteiger partial charge in [0, 0.05) is 6.04 Å². The van der Waals surface area contributed by atoms with E-state index in [2.05, 4.69) is 46.4 Å². The third kappa shape index (κ3) is 2.43. The van der Waals surface area contributed by atoms with Crippen molar-refractivity contribution < 1.29 is 4.74 Å². The van der Waals surface area contributed by atoms with Crippen LogP contribution in [0.3, 0.4) is 0 Å². The van der Waals surface area contributed by atoms with Crippen LogP contribution in [0.5, 0.6) is 5.75 Å². The van der Waals surface area contributed by atoms with Crippen LogP contribution >= 0.6 is 15.9 Å². The predicted octanol–water partition coefficient (Wildman–Crippen LogP) is 4.15. The second kappa shape index (κ2) is 5.45. The first-order chi connectivity index (χ1) is 9.26. The van der Waals surface area contributed by atoms with Crippen LogP contribution in [0.15, 0.2) is 22.7 Å². The minimum Gasteiger partial charge on any atom is -0.496 e. The molecule has 0 heterocycles. The number of ether oxygens (including phenoxy) is 1. The highest BCUT2D eigenvalue weighted by atomic mass is 79.9. The van der Waals surface area contributed by atoms with E-state index in [1.54, 1.807) is 7.11 Å². The number of hydrogen-bond acceptors (Lipinski definition) is 2. The highest BCUT2D eigenvalue weighted by molar-refractivity contribution is 9.10. The zero-order valence-electron chi connectivity index (χ0n) is 11.7. The van der Waals surface area contributed by atoms with E-state index in [-0.39, 0.29) is 0 Å². The number of methoxy groups -OCH3 is 1. The topological polar surface area (TPSA) is 21.3 Å². The Balaban J connectivity index is 1.82. The molecular formula is C16H22BrNO. The van der Waals surface area contributed by atoms with Crippen molar-refractivity contribution in [2.75, 3.05) is 13.7 Å². The van der Waals surface area contributed by atoms with E-state index in [1.165, 1.54) is 24.8 Å². The highest BCUT2D eigenvalue weighted by Crippen LogP contribution is 2.62. The van der Waals surface area contributed by atoms with Crippen LogP contribution in [0.1, 0.15) is 37.8 Å². The summed E-state index contributed by atoms with van der Waals surface area (Å²) in [5.41, 5.74) is 1.40. The summed E-state index contributed by atoms with van der Waals surface area (Å²) in [4.78, 5) is 0. The number of hydrogen-bond donors (Lipinski definition) is 1. The van der Waals surface area contributed by atoms with Gasteiger partial charge in [-0.25, -0.2) is 0 Å². The van der Waals surface area contributed by atoms with Crippen molar-refractivity contribution in [3.63, 3.8) is 0 Å². The molecule has 2 fully saturated rings. The number of fused-ring (bicyclic) bond motifs is 1. The van der Waals surface area contributed by atoms with Crippen LogP contribution in [0.4, 0.5) is 0 Å². The molecule has 2 nitrogen and oxygen atoms in total. The molecular weight excluding hydrogens is 302 g/mol. The molecule has 1 aromatic rings. The fourth-order valence-corrected chi connectivity index (χ4v) is 4.50. The van der Waals surface area contributed by atoms with Crippen LogP contribution in [-0.4, -0.2) is 13.7 Å². The maximum absolute atomic E-state index is 5.32. The Morgan fingerprint density at radius 2 is 2.11 bits per heavy atom. The molecule has 2 aliphatic carbocycles. The van der Waals surface area contributed by atoms with Crippen molar-refractivity contribution in [2.45, 2.75) is 32.2 Å². The first-order valence-corrected chi connectivity index (χ1v) is 8.12. The van der Waals surface area contributed by atoms with E-state index in [9.17, 15) is 0 Å². The second-order valence-electron chi connectivity index (χ2n) is 5.77. The van der Waals surface area contributed by atoms with Gasteiger partial charge in [0.05, 0.1) is 11.6 Å². The summed E-state index contributed by atoms with van der Waals surface area (Å²) in [5, 5.41) is 3.69. The zero-order chi connectivity index (χ0) is 13.4. The third-order valence-electron chi connectivity index (χ3n) is 4.82. The number of halogens is 1. The lowest BCUT2D eigenvalue weighted by Crippen LogP contribution is -2.24. The van der Waals surface area contributed by atoms with Crippen LogP contribution in [0.2, 0.25) is 0 Å². The van der Waals surface area contributed by atoms with Crippen LogP contribution in [0, 0.1) is 17.8 Å². The molecule has 3 unspecified atom stereocenters. The summed E-state index contributed by atoms with van der Waals surface area (Å²) in [6.07, 6.45) is 4.32. The molecule has 0 aliphatic heterocycles. The Kier molecular flexibility index (Phi) is 3.86. The molecule has 19 heavy (non-hydrogen) atoms. The van der Waals surface area contributed by atoms with Crippen molar-refractivity contribution in [1.82, 2.24) is 5.32 Å². The van der Waals surface area contributed by atoms with Crippen LogP contribution in [-0.2, 0) is 0 Å². The monoisotopic (exact) mass is 323 g/mol. The second-order valence-corrected chi connectivity index (χ2v) is 6.62.